The van der Waals surface area contributed by atoms with Crippen molar-refractivity contribution in [3.63, 3.8) is 0 Å². The number of aryl methyl sites for hydroxylation is 1. The van der Waals surface area contributed by atoms with Crippen molar-refractivity contribution in [3.8, 4) is 11.5 Å². The molecule has 0 bridgehead atoms. The van der Waals surface area contributed by atoms with Crippen LogP contribution in [0.5, 0.6) is 11.5 Å². The van der Waals surface area contributed by atoms with Crippen LogP contribution in [-0.4, -0.2) is 32.2 Å². The minimum absolute atomic E-state index is 0.0680. The monoisotopic (exact) mass is 276 g/mol. The highest BCUT2D eigenvalue weighted by Gasteiger charge is 2.12. The third-order valence-electron chi connectivity index (χ3n) is 3.38. The van der Waals surface area contributed by atoms with Crippen LogP contribution in [-0.2, 0) is 11.2 Å². The summed E-state index contributed by atoms with van der Waals surface area (Å²) < 4.78 is 10.7. The van der Waals surface area contributed by atoms with Gasteiger partial charge in [0.2, 0.25) is 5.91 Å². The fourth-order valence-corrected chi connectivity index (χ4v) is 2.31. The molecule has 0 saturated heterocycles. The molecule has 0 aliphatic carbocycles. The number of methoxy groups -OCH3 is 2. The fraction of sp³-hybridized carbons (Fsp3) is 0.400. The quantitative estimate of drug-likeness (QED) is 0.850. The van der Waals surface area contributed by atoms with Crippen molar-refractivity contribution in [3.05, 3.63) is 23.9 Å². The van der Waals surface area contributed by atoms with Crippen LogP contribution in [0.1, 0.15) is 18.4 Å². The number of ether oxygens (including phenoxy) is 2. The molecule has 2 N–H and O–H groups in total. The number of hydrogen-bond donors (Lipinski definition) is 2. The Morgan fingerprint density at radius 1 is 1.30 bits per heavy atom. The molecule has 0 atom stereocenters. The number of aromatic nitrogens is 1. The summed E-state index contributed by atoms with van der Waals surface area (Å²) in [4.78, 5) is 14.5. The smallest absolute Gasteiger partial charge is 0.219 e. The van der Waals surface area contributed by atoms with Crippen LogP contribution >= 0.6 is 0 Å². The van der Waals surface area contributed by atoms with Crippen molar-refractivity contribution < 1.29 is 14.3 Å². The van der Waals surface area contributed by atoms with Gasteiger partial charge in [0, 0.05) is 37.2 Å². The summed E-state index contributed by atoms with van der Waals surface area (Å²) in [7, 11) is 4.94. The van der Waals surface area contributed by atoms with Crippen molar-refractivity contribution in [1.82, 2.24) is 10.3 Å². The van der Waals surface area contributed by atoms with Gasteiger partial charge in [-0.1, -0.05) is 0 Å². The Kier molecular flexibility index (Phi) is 4.50. The van der Waals surface area contributed by atoms with Gasteiger partial charge in [0.1, 0.15) is 11.5 Å². The maximum Gasteiger partial charge on any atom is 0.219 e. The fourth-order valence-electron chi connectivity index (χ4n) is 2.31. The Morgan fingerprint density at radius 2 is 2.10 bits per heavy atom. The normalized spacial score (nSPS) is 10.6. The first kappa shape index (κ1) is 14.2. The Labute approximate surface area is 118 Å². The van der Waals surface area contributed by atoms with Gasteiger partial charge in [-0.25, -0.2) is 0 Å². The van der Waals surface area contributed by atoms with Crippen molar-refractivity contribution in [1.29, 1.82) is 0 Å². The molecule has 0 aliphatic rings. The van der Waals surface area contributed by atoms with Crippen LogP contribution in [0.15, 0.2) is 18.3 Å². The average Bonchev–Trinajstić information content (AvgIpc) is 2.89. The zero-order valence-electron chi connectivity index (χ0n) is 12.1. The average molecular weight is 276 g/mol. The molecule has 1 aromatic heterocycles. The minimum Gasteiger partial charge on any atom is -0.497 e. The number of hydrogen-bond acceptors (Lipinski definition) is 3. The maximum absolute atomic E-state index is 11.3. The van der Waals surface area contributed by atoms with Crippen LogP contribution in [0.3, 0.4) is 0 Å². The number of fused-ring (bicyclic) bond motifs is 1. The molecule has 5 nitrogen and oxygen atoms in total. The number of benzene rings is 1. The summed E-state index contributed by atoms with van der Waals surface area (Å²) in [6, 6.07) is 3.82. The third kappa shape index (κ3) is 2.87. The highest BCUT2D eigenvalue weighted by atomic mass is 16.5. The second kappa shape index (κ2) is 6.32. The van der Waals surface area contributed by atoms with Crippen molar-refractivity contribution in [2.45, 2.75) is 19.3 Å². The molecule has 0 fully saturated rings. The van der Waals surface area contributed by atoms with E-state index in [1.165, 1.54) is 0 Å². The Bertz CT molecular complexity index is 604. The standard InChI is InChI=1S/C15H20N2O3/c1-16-14(18)6-4-5-10-9-17-12-7-11(19-2)8-13(20-3)15(10)12/h7-9,17H,4-6H2,1-3H3,(H,16,18). The van der Waals surface area contributed by atoms with Crippen LogP contribution in [0, 0.1) is 0 Å². The van der Waals surface area contributed by atoms with Crippen LogP contribution < -0.4 is 14.8 Å². The van der Waals surface area contributed by atoms with E-state index in [9.17, 15) is 4.79 Å². The van der Waals surface area contributed by atoms with E-state index < -0.39 is 0 Å². The molecule has 5 heteroatoms. The number of carbonyl (C=O) groups is 1. The van der Waals surface area contributed by atoms with Gasteiger partial charge in [-0.3, -0.25) is 4.79 Å². The second-order valence-electron chi connectivity index (χ2n) is 4.59. The van der Waals surface area contributed by atoms with Crippen LogP contribution in [0.4, 0.5) is 0 Å². The molecule has 1 amide bonds. The molecule has 0 unspecified atom stereocenters. The summed E-state index contributed by atoms with van der Waals surface area (Å²) >= 11 is 0. The highest BCUT2D eigenvalue weighted by Crippen LogP contribution is 2.33. The molecule has 1 aromatic carbocycles. The number of amides is 1. The predicted octanol–water partition coefficient (Wildman–Crippen LogP) is 2.25. The van der Waals surface area contributed by atoms with Crippen molar-refractivity contribution in [2.24, 2.45) is 0 Å². The van der Waals surface area contributed by atoms with Gasteiger partial charge >= 0.3 is 0 Å². The molecular formula is C15H20N2O3. The first-order valence-corrected chi connectivity index (χ1v) is 6.62. The number of nitrogens with one attached hydrogen (secondary N) is 2. The van der Waals surface area contributed by atoms with Gasteiger partial charge in [0.25, 0.3) is 0 Å². The summed E-state index contributed by atoms with van der Waals surface area (Å²) in [5, 5.41) is 3.69. The van der Waals surface area contributed by atoms with E-state index in [-0.39, 0.29) is 5.91 Å². The van der Waals surface area contributed by atoms with Crippen LogP contribution in [0.2, 0.25) is 0 Å². The third-order valence-corrected chi connectivity index (χ3v) is 3.38. The zero-order chi connectivity index (χ0) is 14.5. The topological polar surface area (TPSA) is 63.4 Å². The summed E-state index contributed by atoms with van der Waals surface area (Å²) in [5.74, 6) is 1.61. The van der Waals surface area contributed by atoms with Gasteiger partial charge < -0.3 is 19.8 Å². The molecule has 0 saturated carbocycles. The lowest BCUT2D eigenvalue weighted by Gasteiger charge is -2.07. The van der Waals surface area contributed by atoms with Gasteiger partial charge in [0.05, 0.1) is 19.7 Å². The summed E-state index contributed by atoms with van der Waals surface area (Å²) in [5.41, 5.74) is 2.14. The minimum atomic E-state index is 0.0680. The Balaban J connectivity index is 2.24. The highest BCUT2D eigenvalue weighted by molar-refractivity contribution is 5.90. The van der Waals surface area contributed by atoms with E-state index in [0.717, 1.165) is 40.8 Å². The molecular weight excluding hydrogens is 256 g/mol. The Morgan fingerprint density at radius 3 is 2.75 bits per heavy atom. The predicted molar refractivity (Wildman–Crippen MR) is 78.4 cm³/mol. The molecule has 20 heavy (non-hydrogen) atoms. The maximum atomic E-state index is 11.3. The summed E-state index contributed by atoms with van der Waals surface area (Å²) in [6.45, 7) is 0. The molecule has 0 radical (unpaired) electrons. The molecule has 1 heterocycles. The van der Waals surface area contributed by atoms with E-state index in [1.54, 1.807) is 21.3 Å². The van der Waals surface area contributed by atoms with Gasteiger partial charge in [-0.2, -0.15) is 0 Å². The van der Waals surface area contributed by atoms with Crippen molar-refractivity contribution >= 4 is 16.8 Å². The van der Waals surface area contributed by atoms with E-state index in [2.05, 4.69) is 10.3 Å². The lowest BCUT2D eigenvalue weighted by Crippen LogP contribution is -2.17. The van der Waals surface area contributed by atoms with Gasteiger partial charge in [-0.05, 0) is 18.4 Å². The van der Waals surface area contributed by atoms with E-state index in [0.29, 0.717) is 6.42 Å². The Hall–Kier alpha value is -2.17. The second-order valence-corrected chi connectivity index (χ2v) is 4.59. The molecule has 0 aliphatic heterocycles. The van der Waals surface area contributed by atoms with Gasteiger partial charge in [0.15, 0.2) is 0 Å². The molecule has 2 aromatic rings. The largest absolute Gasteiger partial charge is 0.497 e. The SMILES string of the molecule is CNC(=O)CCCc1c[nH]c2cc(OC)cc(OC)c12. The van der Waals surface area contributed by atoms with E-state index in [4.69, 9.17) is 9.47 Å². The van der Waals surface area contributed by atoms with Gasteiger partial charge in [-0.15, -0.1) is 0 Å². The molecule has 2 rings (SSSR count). The lowest BCUT2D eigenvalue weighted by atomic mass is 10.1. The molecule has 0 spiro atoms. The molecule has 108 valence electrons. The van der Waals surface area contributed by atoms with E-state index in [1.807, 2.05) is 18.3 Å². The number of carbonyl (C=O) groups excluding carboxylic acids is 1. The number of rotatable bonds is 6. The number of H-pyrrole nitrogens is 1. The number of aromatic amines is 1. The summed E-state index contributed by atoms with van der Waals surface area (Å²) in [6.07, 6.45) is 4.13. The van der Waals surface area contributed by atoms with Crippen LogP contribution in [0.25, 0.3) is 10.9 Å². The lowest BCUT2D eigenvalue weighted by molar-refractivity contribution is -0.120. The zero-order valence-corrected chi connectivity index (χ0v) is 12.1. The van der Waals surface area contributed by atoms with Crippen molar-refractivity contribution in [2.75, 3.05) is 21.3 Å². The first-order valence-electron chi connectivity index (χ1n) is 6.62. The first-order chi connectivity index (χ1) is 9.69. The van der Waals surface area contributed by atoms with E-state index >= 15 is 0 Å².